The van der Waals surface area contributed by atoms with Crippen LogP contribution in [0.25, 0.3) is 11.3 Å². The van der Waals surface area contributed by atoms with Crippen LogP contribution in [0.2, 0.25) is 0 Å². The van der Waals surface area contributed by atoms with Gasteiger partial charge in [0.1, 0.15) is 0 Å². The van der Waals surface area contributed by atoms with Crippen molar-refractivity contribution in [1.29, 1.82) is 0 Å². The Balaban J connectivity index is 1.94. The first-order valence-electron chi connectivity index (χ1n) is 6.86. The van der Waals surface area contributed by atoms with Gasteiger partial charge in [0.05, 0.1) is 18.4 Å². The number of aromatic nitrogens is 4. The molecular formula is C16H16N4OS. The van der Waals surface area contributed by atoms with Crippen molar-refractivity contribution in [3.8, 4) is 11.3 Å². The number of hydrogen-bond donors (Lipinski definition) is 0. The van der Waals surface area contributed by atoms with Crippen molar-refractivity contribution in [3.05, 3.63) is 64.7 Å². The van der Waals surface area contributed by atoms with Gasteiger partial charge >= 0.3 is 0 Å². The highest BCUT2D eigenvalue weighted by Crippen LogP contribution is 2.17. The topological polar surface area (TPSA) is 52.7 Å². The zero-order valence-corrected chi connectivity index (χ0v) is 13.2. The van der Waals surface area contributed by atoms with Gasteiger partial charge in [-0.3, -0.25) is 9.48 Å². The lowest BCUT2D eigenvalue weighted by atomic mass is 10.2. The van der Waals surface area contributed by atoms with E-state index < -0.39 is 0 Å². The average Bonchev–Trinajstić information content (AvgIpc) is 2.96. The van der Waals surface area contributed by atoms with Crippen LogP contribution in [0, 0.1) is 0 Å². The Bertz CT molecular complexity index is 853. The summed E-state index contributed by atoms with van der Waals surface area (Å²) in [6.45, 7) is 0.460. The zero-order chi connectivity index (χ0) is 15.5. The standard InChI is InChI=1S/C16H16N4OS/c1-19-11-13(9-17-19)15-6-7-16(21)20(18-15)10-12-4-3-5-14(8-12)22-2/h3-9,11H,10H2,1-2H3. The molecular weight excluding hydrogens is 296 g/mol. The smallest absolute Gasteiger partial charge is 0.267 e. The van der Waals surface area contributed by atoms with Crippen molar-refractivity contribution >= 4 is 11.8 Å². The van der Waals surface area contributed by atoms with Crippen LogP contribution < -0.4 is 5.56 Å². The molecule has 22 heavy (non-hydrogen) atoms. The fourth-order valence-corrected chi connectivity index (χ4v) is 2.70. The monoisotopic (exact) mass is 312 g/mol. The molecule has 0 spiro atoms. The highest BCUT2D eigenvalue weighted by atomic mass is 32.2. The van der Waals surface area contributed by atoms with Gasteiger partial charge in [-0.05, 0) is 30.0 Å². The minimum absolute atomic E-state index is 0.109. The van der Waals surface area contributed by atoms with E-state index >= 15 is 0 Å². The molecule has 0 bridgehead atoms. The molecule has 2 aromatic heterocycles. The maximum atomic E-state index is 12.0. The molecule has 0 radical (unpaired) electrons. The Morgan fingerprint density at radius 3 is 2.82 bits per heavy atom. The molecule has 0 aliphatic heterocycles. The van der Waals surface area contributed by atoms with Crippen molar-refractivity contribution in [2.45, 2.75) is 11.4 Å². The van der Waals surface area contributed by atoms with Gasteiger partial charge in [0.25, 0.3) is 5.56 Å². The summed E-state index contributed by atoms with van der Waals surface area (Å²) in [5.41, 5.74) is 2.59. The minimum atomic E-state index is -0.109. The molecule has 0 aliphatic carbocycles. The summed E-state index contributed by atoms with van der Waals surface area (Å²) in [5, 5.41) is 8.59. The number of benzene rings is 1. The van der Waals surface area contributed by atoms with Crippen LogP contribution in [0.4, 0.5) is 0 Å². The Labute approximate surface area is 132 Å². The molecule has 6 heteroatoms. The second-order valence-electron chi connectivity index (χ2n) is 4.97. The molecule has 0 fully saturated rings. The molecule has 0 unspecified atom stereocenters. The zero-order valence-electron chi connectivity index (χ0n) is 12.4. The molecule has 5 nitrogen and oxygen atoms in total. The SMILES string of the molecule is CSc1cccc(Cn2nc(-c3cnn(C)c3)ccc2=O)c1. The number of nitrogens with zero attached hydrogens (tertiary/aromatic N) is 4. The second-order valence-corrected chi connectivity index (χ2v) is 5.85. The molecule has 0 saturated carbocycles. The van der Waals surface area contributed by atoms with Crippen LogP contribution >= 0.6 is 11.8 Å². The third-order valence-electron chi connectivity index (χ3n) is 3.33. The number of rotatable bonds is 4. The van der Waals surface area contributed by atoms with E-state index in [9.17, 15) is 4.79 Å². The Hall–Kier alpha value is -2.34. The highest BCUT2D eigenvalue weighted by Gasteiger charge is 2.06. The first-order valence-corrected chi connectivity index (χ1v) is 8.08. The van der Waals surface area contributed by atoms with Gasteiger partial charge in [-0.15, -0.1) is 11.8 Å². The fourth-order valence-electron chi connectivity index (χ4n) is 2.21. The van der Waals surface area contributed by atoms with E-state index in [4.69, 9.17) is 0 Å². The van der Waals surface area contributed by atoms with Gasteiger partial charge in [0.15, 0.2) is 0 Å². The van der Waals surface area contributed by atoms with Crippen LogP contribution in [-0.2, 0) is 13.6 Å². The van der Waals surface area contributed by atoms with E-state index in [-0.39, 0.29) is 5.56 Å². The van der Waals surface area contributed by atoms with Crippen LogP contribution in [-0.4, -0.2) is 25.8 Å². The van der Waals surface area contributed by atoms with Gasteiger partial charge in [0, 0.05) is 29.8 Å². The largest absolute Gasteiger partial charge is 0.275 e. The normalized spacial score (nSPS) is 10.8. The number of hydrogen-bond acceptors (Lipinski definition) is 4. The molecule has 1 aromatic carbocycles. The Morgan fingerprint density at radius 1 is 1.23 bits per heavy atom. The highest BCUT2D eigenvalue weighted by molar-refractivity contribution is 7.98. The molecule has 3 rings (SSSR count). The van der Waals surface area contributed by atoms with Gasteiger partial charge in [-0.1, -0.05) is 12.1 Å². The predicted octanol–water partition coefficient (Wildman–Crippen LogP) is 2.41. The van der Waals surface area contributed by atoms with Gasteiger partial charge < -0.3 is 0 Å². The third kappa shape index (κ3) is 3.12. The van der Waals surface area contributed by atoms with E-state index in [0.29, 0.717) is 6.54 Å². The van der Waals surface area contributed by atoms with Crippen LogP contribution in [0.5, 0.6) is 0 Å². The van der Waals surface area contributed by atoms with Crippen molar-refractivity contribution in [2.75, 3.05) is 6.26 Å². The molecule has 0 N–H and O–H groups in total. The maximum Gasteiger partial charge on any atom is 0.267 e. The van der Waals surface area contributed by atoms with Gasteiger partial charge in [0.2, 0.25) is 0 Å². The second kappa shape index (κ2) is 6.19. The predicted molar refractivity (Wildman–Crippen MR) is 88.0 cm³/mol. The van der Waals surface area contributed by atoms with Crippen LogP contribution in [0.15, 0.2) is 58.5 Å². The lowest BCUT2D eigenvalue weighted by molar-refractivity contribution is 0.642. The van der Waals surface area contributed by atoms with E-state index in [1.165, 1.54) is 9.58 Å². The van der Waals surface area contributed by atoms with E-state index in [1.807, 2.05) is 31.6 Å². The van der Waals surface area contributed by atoms with Gasteiger partial charge in [-0.2, -0.15) is 10.2 Å². The third-order valence-corrected chi connectivity index (χ3v) is 4.06. The quantitative estimate of drug-likeness (QED) is 0.694. The summed E-state index contributed by atoms with van der Waals surface area (Å²) in [4.78, 5) is 13.2. The lowest BCUT2D eigenvalue weighted by Gasteiger charge is -2.07. The first-order chi connectivity index (χ1) is 10.7. The van der Waals surface area contributed by atoms with Crippen molar-refractivity contribution < 1.29 is 0 Å². The lowest BCUT2D eigenvalue weighted by Crippen LogP contribution is -2.22. The van der Waals surface area contributed by atoms with Gasteiger partial charge in [-0.25, -0.2) is 4.68 Å². The molecule has 3 aromatic rings. The Kier molecular flexibility index (Phi) is 4.11. The van der Waals surface area contributed by atoms with Crippen molar-refractivity contribution in [1.82, 2.24) is 19.6 Å². The summed E-state index contributed by atoms with van der Waals surface area (Å²) in [6.07, 6.45) is 5.66. The summed E-state index contributed by atoms with van der Waals surface area (Å²) in [6, 6.07) is 11.4. The number of thioether (sulfide) groups is 1. The fraction of sp³-hybridized carbons (Fsp3) is 0.188. The van der Waals surface area contributed by atoms with E-state index in [1.54, 1.807) is 34.8 Å². The summed E-state index contributed by atoms with van der Waals surface area (Å²) in [7, 11) is 1.85. The molecule has 112 valence electrons. The van der Waals surface area contributed by atoms with Crippen LogP contribution in [0.1, 0.15) is 5.56 Å². The molecule has 0 amide bonds. The summed E-state index contributed by atoms with van der Waals surface area (Å²) < 4.78 is 3.20. The van der Waals surface area contributed by atoms with E-state index in [2.05, 4.69) is 22.3 Å². The van der Waals surface area contributed by atoms with Crippen molar-refractivity contribution in [2.24, 2.45) is 7.05 Å². The van der Waals surface area contributed by atoms with Crippen LogP contribution in [0.3, 0.4) is 0 Å². The molecule has 0 atom stereocenters. The van der Waals surface area contributed by atoms with E-state index in [0.717, 1.165) is 16.8 Å². The number of aryl methyl sites for hydroxylation is 1. The minimum Gasteiger partial charge on any atom is -0.275 e. The molecule has 0 saturated heterocycles. The Morgan fingerprint density at radius 2 is 2.09 bits per heavy atom. The van der Waals surface area contributed by atoms with Crippen molar-refractivity contribution in [3.63, 3.8) is 0 Å². The maximum absolute atomic E-state index is 12.0. The average molecular weight is 312 g/mol. The summed E-state index contributed by atoms with van der Waals surface area (Å²) in [5.74, 6) is 0. The first kappa shape index (κ1) is 14.6. The summed E-state index contributed by atoms with van der Waals surface area (Å²) >= 11 is 1.68. The molecule has 2 heterocycles. The molecule has 0 aliphatic rings.